The molecule has 1 atom stereocenters. The molecule has 0 bridgehead atoms. The number of hydrogen-bond donors (Lipinski definition) is 3. The first-order valence-electron chi connectivity index (χ1n) is 13.9. The number of aliphatic hydroxyl groups excluding tert-OH is 1. The van der Waals surface area contributed by atoms with E-state index in [1.54, 1.807) is 13.1 Å². The van der Waals surface area contributed by atoms with E-state index in [4.69, 9.17) is 5.11 Å². The summed E-state index contributed by atoms with van der Waals surface area (Å²) in [6.45, 7) is 8.98. The number of aliphatic hydroxyl groups is 1. The minimum atomic E-state index is -3.73. The summed E-state index contributed by atoms with van der Waals surface area (Å²) in [5.41, 5.74) is 3.05. The number of carbonyl (C=O) groups is 2. The summed E-state index contributed by atoms with van der Waals surface area (Å²) >= 11 is 3.13. The smallest absolute Gasteiger partial charge is 0.264 e. The Morgan fingerprint density at radius 2 is 1.78 bits per heavy atom. The van der Waals surface area contributed by atoms with Crippen LogP contribution < -0.4 is 14.9 Å². The highest BCUT2D eigenvalue weighted by molar-refractivity contribution is 9.09. The summed E-state index contributed by atoms with van der Waals surface area (Å²) in [5, 5.41) is 13.8. The quantitative estimate of drug-likeness (QED) is 0.166. The average Bonchev–Trinajstić information content (AvgIpc) is 3.04. The maximum Gasteiger partial charge on any atom is 0.264 e. The minimum absolute atomic E-state index is 0.0283. The molecule has 0 fully saturated rings. The number of nitrogens with one attached hydrogen (secondary N) is 2. The summed E-state index contributed by atoms with van der Waals surface area (Å²) in [7, 11) is -1.11. The molecular formula is C31H46BrN3O5S. The van der Waals surface area contributed by atoms with Crippen LogP contribution in [0.2, 0.25) is 0 Å². The number of unbranched alkanes of at least 4 members (excludes halogenated alkanes) is 2. The number of halogens is 1. The van der Waals surface area contributed by atoms with E-state index in [0.717, 1.165) is 55.8 Å². The van der Waals surface area contributed by atoms with Crippen molar-refractivity contribution in [3.8, 4) is 0 Å². The number of fused-ring (bicyclic) bond motifs is 2. The maximum atomic E-state index is 13.7. The third kappa shape index (κ3) is 10.7. The number of sulfonamides is 1. The minimum Gasteiger partial charge on any atom is -0.400 e. The molecule has 2 aromatic carbocycles. The molecule has 1 heterocycles. The number of rotatable bonds is 11. The molecule has 1 aliphatic rings. The number of para-hydroxylation sites is 1. The topological polar surface area (TPSA) is 116 Å². The third-order valence-electron chi connectivity index (χ3n) is 6.70. The number of carbonyl (C=O) groups excluding carboxylic acids is 2. The second-order valence-electron chi connectivity index (χ2n) is 10.1. The lowest BCUT2D eigenvalue weighted by Crippen LogP contribution is -2.41. The molecule has 0 spiro atoms. The Bertz CT molecular complexity index is 1250. The molecule has 1 unspecified atom stereocenters. The Hall–Kier alpha value is -2.53. The van der Waals surface area contributed by atoms with Crippen LogP contribution in [0.25, 0.3) is 6.08 Å². The molecule has 0 radical (unpaired) electrons. The number of nitrogens with zero attached hydrogens (tertiary/aromatic N) is 1. The molecule has 10 heteroatoms. The van der Waals surface area contributed by atoms with Gasteiger partial charge >= 0.3 is 0 Å². The van der Waals surface area contributed by atoms with Gasteiger partial charge in [-0.15, -0.1) is 0 Å². The van der Waals surface area contributed by atoms with Gasteiger partial charge in [-0.1, -0.05) is 72.3 Å². The maximum absolute atomic E-state index is 13.7. The summed E-state index contributed by atoms with van der Waals surface area (Å²) in [5.74, 6) is -0.0283. The number of alkyl halides is 1. The van der Waals surface area contributed by atoms with Crippen molar-refractivity contribution in [1.82, 2.24) is 10.6 Å². The molecule has 0 aliphatic carbocycles. The second-order valence-corrected chi connectivity index (χ2v) is 12.6. The number of anilines is 1. The van der Waals surface area contributed by atoms with Crippen LogP contribution in [-0.4, -0.2) is 57.3 Å². The normalized spacial score (nSPS) is 15.3. The van der Waals surface area contributed by atoms with Crippen molar-refractivity contribution in [2.45, 2.75) is 76.3 Å². The van der Waals surface area contributed by atoms with E-state index in [-0.39, 0.29) is 17.5 Å². The zero-order chi connectivity index (χ0) is 31.1. The lowest BCUT2D eigenvalue weighted by atomic mass is 9.91. The Labute approximate surface area is 254 Å². The van der Waals surface area contributed by atoms with Gasteiger partial charge in [0.25, 0.3) is 10.0 Å². The van der Waals surface area contributed by atoms with Gasteiger partial charge in [0, 0.05) is 32.7 Å². The van der Waals surface area contributed by atoms with Crippen LogP contribution in [0.3, 0.4) is 0 Å². The lowest BCUT2D eigenvalue weighted by molar-refractivity contribution is -0.118. The van der Waals surface area contributed by atoms with Gasteiger partial charge in [0.2, 0.25) is 5.91 Å². The molecule has 3 rings (SSSR count). The molecule has 1 amide bonds. The van der Waals surface area contributed by atoms with Crippen LogP contribution in [0.1, 0.15) is 82.5 Å². The fourth-order valence-corrected chi connectivity index (χ4v) is 5.75. The largest absolute Gasteiger partial charge is 0.400 e. The molecule has 0 aromatic heterocycles. The zero-order valence-corrected chi connectivity index (χ0v) is 27.5. The first kappa shape index (κ1) is 36.5. The summed E-state index contributed by atoms with van der Waals surface area (Å²) < 4.78 is 28.7. The van der Waals surface area contributed by atoms with Gasteiger partial charge in [-0.3, -0.25) is 9.10 Å². The highest BCUT2D eigenvalue weighted by atomic mass is 79.9. The number of amides is 1. The Balaban J connectivity index is 0.00000108. The van der Waals surface area contributed by atoms with Crippen molar-refractivity contribution in [3.05, 3.63) is 65.2 Å². The van der Waals surface area contributed by atoms with E-state index in [2.05, 4.69) is 47.3 Å². The Kier molecular flexibility index (Phi) is 16.1. The molecule has 0 saturated heterocycles. The van der Waals surface area contributed by atoms with Gasteiger partial charge in [0.15, 0.2) is 0 Å². The van der Waals surface area contributed by atoms with E-state index in [1.165, 1.54) is 4.31 Å². The van der Waals surface area contributed by atoms with Crippen molar-refractivity contribution in [2.24, 2.45) is 0 Å². The predicted octanol–water partition coefficient (Wildman–Crippen LogP) is 5.59. The van der Waals surface area contributed by atoms with Crippen molar-refractivity contribution >= 4 is 49.9 Å². The second kappa shape index (κ2) is 18.1. The SMILES string of the molecule is CCC(C)(C)NC1c2ccccc2N(C)S(=O)(=O)c2cc(/C=C/CCCNC(=O)CBr)ccc21.CCCC=O.CO. The van der Waals surface area contributed by atoms with E-state index in [0.29, 0.717) is 28.9 Å². The third-order valence-corrected chi connectivity index (χ3v) is 9.04. The van der Waals surface area contributed by atoms with Crippen molar-refractivity contribution in [2.75, 3.05) is 30.3 Å². The molecule has 0 saturated carbocycles. The van der Waals surface area contributed by atoms with Crippen LogP contribution in [0.5, 0.6) is 0 Å². The van der Waals surface area contributed by atoms with Gasteiger partial charge in [-0.25, -0.2) is 8.42 Å². The highest BCUT2D eigenvalue weighted by Gasteiger charge is 2.36. The first-order valence-corrected chi connectivity index (χ1v) is 16.5. The predicted molar refractivity (Wildman–Crippen MR) is 172 cm³/mol. The van der Waals surface area contributed by atoms with Gasteiger partial charge < -0.3 is 20.5 Å². The van der Waals surface area contributed by atoms with Gasteiger partial charge in [-0.2, -0.15) is 0 Å². The van der Waals surface area contributed by atoms with Crippen molar-refractivity contribution in [3.63, 3.8) is 0 Å². The summed E-state index contributed by atoms with van der Waals surface area (Å²) in [6, 6.07) is 13.1. The zero-order valence-electron chi connectivity index (χ0n) is 25.1. The van der Waals surface area contributed by atoms with Crippen LogP contribution >= 0.6 is 15.9 Å². The molecule has 2 aromatic rings. The number of allylic oxidation sites excluding steroid dienone is 1. The van der Waals surface area contributed by atoms with Gasteiger partial charge in [0.05, 0.1) is 22.0 Å². The summed E-state index contributed by atoms with van der Waals surface area (Å²) in [4.78, 5) is 21.0. The van der Waals surface area contributed by atoms with E-state index in [9.17, 15) is 18.0 Å². The van der Waals surface area contributed by atoms with Crippen LogP contribution in [0.4, 0.5) is 5.69 Å². The number of aldehydes is 1. The molecule has 3 N–H and O–H groups in total. The summed E-state index contributed by atoms with van der Waals surface area (Å²) in [6.07, 6.45) is 9.07. The van der Waals surface area contributed by atoms with Crippen LogP contribution in [-0.2, 0) is 19.6 Å². The molecule has 8 nitrogen and oxygen atoms in total. The first-order chi connectivity index (χ1) is 19.5. The van der Waals surface area contributed by atoms with Gasteiger partial charge in [0.1, 0.15) is 6.29 Å². The fourth-order valence-electron chi connectivity index (χ4n) is 4.06. The van der Waals surface area contributed by atoms with Crippen LogP contribution in [0.15, 0.2) is 53.4 Å². The van der Waals surface area contributed by atoms with E-state index < -0.39 is 10.0 Å². The lowest BCUT2D eigenvalue weighted by Gasteiger charge is -2.32. The average molecular weight is 653 g/mol. The Morgan fingerprint density at radius 3 is 2.37 bits per heavy atom. The molecule has 228 valence electrons. The number of benzene rings is 2. The monoisotopic (exact) mass is 651 g/mol. The molecule has 1 aliphatic heterocycles. The van der Waals surface area contributed by atoms with E-state index in [1.807, 2.05) is 55.5 Å². The highest BCUT2D eigenvalue weighted by Crippen LogP contribution is 2.41. The Morgan fingerprint density at radius 1 is 1.10 bits per heavy atom. The molecule has 41 heavy (non-hydrogen) atoms. The van der Waals surface area contributed by atoms with Crippen molar-refractivity contribution < 1.29 is 23.1 Å². The standard InChI is InChI=1S/C26H34BrN3O3S.C4H8O.CH4O/c1-5-26(2,3)29-25-20-12-8-9-13-22(20)30(4)34(32,33)23-17-19(14-15-21(23)25)11-7-6-10-16-28-24(31)18-27;1-2-3-4-5;1-2/h7-9,11-15,17,25,29H,5-6,10,16,18H2,1-4H3,(H,28,31);4H,2-3H2,1H3;2H,1H3/b11-7+;;. The van der Waals surface area contributed by atoms with Crippen LogP contribution in [0, 0.1) is 0 Å². The van der Waals surface area contributed by atoms with E-state index >= 15 is 0 Å². The molecular weight excluding hydrogens is 606 g/mol. The van der Waals surface area contributed by atoms with Gasteiger partial charge in [-0.05, 0) is 68.4 Å². The van der Waals surface area contributed by atoms with Crippen molar-refractivity contribution in [1.29, 1.82) is 0 Å². The number of hydrogen-bond acceptors (Lipinski definition) is 6. The fraction of sp³-hybridized carbons (Fsp3) is 0.484.